The van der Waals surface area contributed by atoms with E-state index >= 15 is 0 Å². The van der Waals surface area contributed by atoms with Crippen molar-refractivity contribution in [3.05, 3.63) is 29.1 Å². The second kappa shape index (κ2) is 2.45. The average molecular weight is 162 g/mol. The molecule has 0 saturated heterocycles. The summed E-state index contributed by atoms with van der Waals surface area (Å²) in [5.41, 5.74) is -0.169. The van der Waals surface area contributed by atoms with E-state index in [9.17, 15) is 13.2 Å². The molecule has 60 valence electrons. The molecule has 0 radical (unpaired) electrons. The SMILES string of the molecule is Cc1cc(F)c(O)c(F)c1F. The van der Waals surface area contributed by atoms with Gasteiger partial charge in [0, 0.05) is 0 Å². The van der Waals surface area contributed by atoms with Crippen molar-refractivity contribution in [2.24, 2.45) is 0 Å². The molecule has 0 saturated carbocycles. The Hall–Kier alpha value is -1.19. The van der Waals surface area contributed by atoms with E-state index in [0.717, 1.165) is 6.07 Å². The fourth-order valence-corrected chi connectivity index (χ4v) is 0.704. The maximum Gasteiger partial charge on any atom is 0.203 e. The summed E-state index contributed by atoms with van der Waals surface area (Å²) in [5, 5.41) is 8.52. The lowest BCUT2D eigenvalue weighted by atomic mass is 10.2. The van der Waals surface area contributed by atoms with Crippen LogP contribution in [0.2, 0.25) is 0 Å². The number of phenols is 1. The second-order valence-electron chi connectivity index (χ2n) is 2.15. The lowest BCUT2D eigenvalue weighted by molar-refractivity contribution is 0.374. The highest BCUT2D eigenvalue weighted by atomic mass is 19.2. The summed E-state index contributed by atoms with van der Waals surface area (Å²) in [4.78, 5) is 0. The highest BCUT2D eigenvalue weighted by molar-refractivity contribution is 5.30. The van der Waals surface area contributed by atoms with Crippen molar-refractivity contribution in [2.75, 3.05) is 0 Å². The molecule has 0 amide bonds. The Morgan fingerprint density at radius 1 is 1.18 bits per heavy atom. The number of rotatable bonds is 0. The molecule has 0 spiro atoms. The van der Waals surface area contributed by atoms with Gasteiger partial charge in [0.25, 0.3) is 0 Å². The van der Waals surface area contributed by atoms with E-state index < -0.39 is 23.2 Å². The minimum absolute atomic E-state index is 0.169. The summed E-state index contributed by atoms with van der Waals surface area (Å²) in [6.45, 7) is 1.21. The number of aromatic hydroxyl groups is 1. The number of halogens is 3. The van der Waals surface area contributed by atoms with Crippen molar-refractivity contribution in [3.63, 3.8) is 0 Å². The van der Waals surface area contributed by atoms with E-state index in [1.165, 1.54) is 6.92 Å². The Bertz CT molecular complexity index is 270. The van der Waals surface area contributed by atoms with Gasteiger partial charge in [0.2, 0.25) is 5.82 Å². The molecule has 4 heteroatoms. The maximum absolute atomic E-state index is 12.5. The highest BCUT2D eigenvalue weighted by Crippen LogP contribution is 2.24. The lowest BCUT2D eigenvalue weighted by Crippen LogP contribution is -1.92. The largest absolute Gasteiger partial charge is 0.503 e. The predicted octanol–water partition coefficient (Wildman–Crippen LogP) is 2.12. The first-order valence-corrected chi connectivity index (χ1v) is 2.87. The Morgan fingerprint density at radius 3 is 2.27 bits per heavy atom. The van der Waals surface area contributed by atoms with Crippen LogP contribution >= 0.6 is 0 Å². The van der Waals surface area contributed by atoms with E-state index in [0.29, 0.717) is 0 Å². The zero-order valence-corrected chi connectivity index (χ0v) is 5.66. The second-order valence-corrected chi connectivity index (χ2v) is 2.15. The summed E-state index contributed by atoms with van der Waals surface area (Å²) in [6.07, 6.45) is 0. The summed E-state index contributed by atoms with van der Waals surface area (Å²) in [5.74, 6) is -5.18. The topological polar surface area (TPSA) is 20.2 Å². The molecule has 1 nitrogen and oxygen atoms in total. The van der Waals surface area contributed by atoms with Crippen LogP contribution in [0.4, 0.5) is 13.2 Å². The Balaban J connectivity index is 3.46. The van der Waals surface area contributed by atoms with Crippen LogP contribution < -0.4 is 0 Å². The average Bonchev–Trinajstić information content (AvgIpc) is 1.97. The normalized spacial score (nSPS) is 10.2. The first-order valence-electron chi connectivity index (χ1n) is 2.87. The molecule has 0 heterocycles. The molecular weight excluding hydrogens is 157 g/mol. The fraction of sp³-hybridized carbons (Fsp3) is 0.143. The number of aryl methyl sites for hydroxylation is 1. The summed E-state index contributed by atoms with van der Waals surface area (Å²) in [7, 11) is 0. The summed E-state index contributed by atoms with van der Waals surface area (Å²) >= 11 is 0. The fourth-order valence-electron chi connectivity index (χ4n) is 0.704. The van der Waals surface area contributed by atoms with Crippen LogP contribution in [-0.2, 0) is 0 Å². The van der Waals surface area contributed by atoms with E-state index in [2.05, 4.69) is 0 Å². The number of benzene rings is 1. The molecule has 0 fully saturated rings. The predicted molar refractivity (Wildman–Crippen MR) is 32.7 cm³/mol. The van der Waals surface area contributed by atoms with Crippen LogP contribution in [0.1, 0.15) is 5.56 Å². The molecule has 0 aliphatic heterocycles. The van der Waals surface area contributed by atoms with Crippen LogP contribution in [0.5, 0.6) is 5.75 Å². The van der Waals surface area contributed by atoms with Gasteiger partial charge in [-0.05, 0) is 18.6 Å². The summed E-state index contributed by atoms with van der Waals surface area (Å²) in [6, 6.07) is 0.730. The molecule has 0 aliphatic rings. The van der Waals surface area contributed by atoms with Crippen molar-refractivity contribution in [2.45, 2.75) is 6.92 Å². The molecule has 0 unspecified atom stereocenters. The van der Waals surface area contributed by atoms with Gasteiger partial charge in [-0.1, -0.05) is 0 Å². The monoisotopic (exact) mass is 162 g/mol. The number of phenolic OH excluding ortho intramolecular Hbond substituents is 1. The van der Waals surface area contributed by atoms with Gasteiger partial charge < -0.3 is 5.11 Å². The molecule has 0 aromatic heterocycles. The van der Waals surface area contributed by atoms with Gasteiger partial charge in [0.1, 0.15) is 0 Å². The first-order chi connectivity index (χ1) is 5.04. The van der Waals surface area contributed by atoms with Crippen LogP contribution in [0.15, 0.2) is 6.07 Å². The quantitative estimate of drug-likeness (QED) is 0.579. The zero-order chi connectivity index (χ0) is 8.59. The molecular formula is C7H5F3O. The number of hydrogen-bond donors (Lipinski definition) is 1. The molecule has 1 rings (SSSR count). The third-order valence-electron chi connectivity index (χ3n) is 1.32. The van der Waals surface area contributed by atoms with Crippen LogP contribution in [0, 0.1) is 24.4 Å². The van der Waals surface area contributed by atoms with Gasteiger partial charge >= 0.3 is 0 Å². The van der Waals surface area contributed by atoms with E-state index in [1.54, 1.807) is 0 Å². The van der Waals surface area contributed by atoms with Crippen LogP contribution in [0.3, 0.4) is 0 Å². The standard InChI is InChI=1S/C7H5F3O/c1-3-2-4(8)7(11)6(10)5(3)9/h2,11H,1H3. The van der Waals surface area contributed by atoms with Crippen molar-refractivity contribution in [3.8, 4) is 5.75 Å². The minimum Gasteiger partial charge on any atom is -0.503 e. The van der Waals surface area contributed by atoms with E-state index in [4.69, 9.17) is 5.11 Å². The van der Waals surface area contributed by atoms with Crippen molar-refractivity contribution >= 4 is 0 Å². The molecule has 0 atom stereocenters. The molecule has 0 bridgehead atoms. The van der Waals surface area contributed by atoms with E-state index in [-0.39, 0.29) is 5.56 Å². The van der Waals surface area contributed by atoms with Crippen molar-refractivity contribution in [1.82, 2.24) is 0 Å². The van der Waals surface area contributed by atoms with E-state index in [1.807, 2.05) is 0 Å². The molecule has 1 aromatic carbocycles. The van der Waals surface area contributed by atoms with Gasteiger partial charge in [-0.3, -0.25) is 0 Å². The molecule has 1 aromatic rings. The van der Waals surface area contributed by atoms with Gasteiger partial charge in [-0.2, -0.15) is 4.39 Å². The Morgan fingerprint density at radius 2 is 1.73 bits per heavy atom. The third-order valence-corrected chi connectivity index (χ3v) is 1.32. The van der Waals surface area contributed by atoms with Gasteiger partial charge in [0.15, 0.2) is 17.4 Å². The summed E-state index contributed by atoms with van der Waals surface area (Å²) < 4.78 is 37.2. The molecule has 1 N–H and O–H groups in total. The van der Waals surface area contributed by atoms with Gasteiger partial charge in [-0.25, -0.2) is 8.78 Å². The lowest BCUT2D eigenvalue weighted by Gasteiger charge is -2.00. The zero-order valence-electron chi connectivity index (χ0n) is 5.66. The maximum atomic E-state index is 12.5. The van der Waals surface area contributed by atoms with Gasteiger partial charge in [-0.15, -0.1) is 0 Å². The van der Waals surface area contributed by atoms with Crippen molar-refractivity contribution < 1.29 is 18.3 Å². The minimum atomic E-state index is -1.54. The van der Waals surface area contributed by atoms with Crippen molar-refractivity contribution in [1.29, 1.82) is 0 Å². The first kappa shape index (κ1) is 7.91. The van der Waals surface area contributed by atoms with Crippen LogP contribution in [-0.4, -0.2) is 5.11 Å². The van der Waals surface area contributed by atoms with Crippen LogP contribution in [0.25, 0.3) is 0 Å². The highest BCUT2D eigenvalue weighted by Gasteiger charge is 2.14. The Kier molecular flexibility index (Phi) is 1.76. The van der Waals surface area contributed by atoms with Gasteiger partial charge in [0.05, 0.1) is 0 Å². The molecule has 11 heavy (non-hydrogen) atoms. The number of hydrogen-bond acceptors (Lipinski definition) is 1. The third kappa shape index (κ3) is 1.15. The molecule has 0 aliphatic carbocycles. The smallest absolute Gasteiger partial charge is 0.203 e. The Labute approximate surface area is 61.1 Å².